The highest BCUT2D eigenvalue weighted by Crippen LogP contribution is 2.39. The van der Waals surface area contributed by atoms with E-state index < -0.39 is 10.9 Å². The van der Waals surface area contributed by atoms with Gasteiger partial charge in [0.25, 0.3) is 5.69 Å². The Balaban J connectivity index is 1.46. The fourth-order valence-electron chi connectivity index (χ4n) is 4.37. The summed E-state index contributed by atoms with van der Waals surface area (Å²) in [7, 11) is 1.58. The van der Waals surface area contributed by atoms with Crippen molar-refractivity contribution in [3.05, 3.63) is 100 Å². The molecule has 44 heavy (non-hydrogen) atoms. The second kappa shape index (κ2) is 13.7. The predicted molar refractivity (Wildman–Crippen MR) is 165 cm³/mol. The number of aliphatic hydroxyl groups is 1. The third kappa shape index (κ3) is 6.94. The number of anilines is 1. The van der Waals surface area contributed by atoms with Gasteiger partial charge >= 0.3 is 5.97 Å². The van der Waals surface area contributed by atoms with Gasteiger partial charge in [0.15, 0.2) is 0 Å². The number of carbonyl (C=O) groups is 1. The molecule has 0 fully saturated rings. The SMILES string of the molecule is COc1ccc(-c2nc(N/N=C(/Cc3ccccc3[N+](=O)[O-])C(=O)O)sc2-c2ccc(-n3cc(CCCO)nn3)cc2)cc1. The second-order valence-corrected chi connectivity index (χ2v) is 10.5. The molecule has 0 atom stereocenters. The summed E-state index contributed by atoms with van der Waals surface area (Å²) in [6, 6.07) is 21.0. The van der Waals surface area contributed by atoms with E-state index in [1.54, 1.807) is 17.9 Å². The molecule has 0 amide bonds. The van der Waals surface area contributed by atoms with Gasteiger partial charge in [-0.05, 0) is 54.8 Å². The lowest BCUT2D eigenvalue weighted by Crippen LogP contribution is -2.18. The number of carboxylic acid groups (broad SMARTS) is 1. The Morgan fingerprint density at radius 1 is 1.09 bits per heavy atom. The molecule has 2 heterocycles. The number of thiazole rings is 1. The highest BCUT2D eigenvalue weighted by molar-refractivity contribution is 7.19. The molecule has 3 aromatic carbocycles. The number of carboxylic acids is 1. The van der Waals surface area contributed by atoms with Gasteiger partial charge in [-0.3, -0.25) is 15.5 Å². The average molecular weight is 614 g/mol. The number of benzene rings is 3. The van der Waals surface area contributed by atoms with Gasteiger partial charge in [-0.2, -0.15) is 5.10 Å². The van der Waals surface area contributed by atoms with Crippen LogP contribution < -0.4 is 10.2 Å². The van der Waals surface area contributed by atoms with E-state index in [4.69, 9.17) is 14.8 Å². The van der Waals surface area contributed by atoms with E-state index in [0.717, 1.165) is 27.4 Å². The first-order valence-electron chi connectivity index (χ1n) is 13.4. The Morgan fingerprint density at radius 3 is 2.50 bits per heavy atom. The first kappa shape index (κ1) is 30.0. The molecule has 0 saturated heterocycles. The van der Waals surface area contributed by atoms with Crippen LogP contribution in [0.2, 0.25) is 0 Å². The number of nitro groups is 1. The molecule has 0 saturated carbocycles. The number of hydrogen-bond donors (Lipinski definition) is 3. The molecule has 0 radical (unpaired) electrons. The number of nitrogens with one attached hydrogen (secondary N) is 1. The highest BCUT2D eigenvalue weighted by Gasteiger charge is 2.20. The molecule has 224 valence electrons. The smallest absolute Gasteiger partial charge is 0.352 e. The van der Waals surface area contributed by atoms with E-state index in [1.807, 2.05) is 54.7 Å². The van der Waals surface area contributed by atoms with Gasteiger partial charge in [0, 0.05) is 30.2 Å². The summed E-state index contributed by atoms with van der Waals surface area (Å²) in [6.07, 6.45) is 2.81. The standard InChI is InChI=1S/C30H27N7O6S/c1-43-24-14-10-19(11-15-24)27-28(20-8-12-23(13-9-20)36-18-22(32-35-36)6-4-16-38)44-30(31-27)34-33-25(29(39)40)17-21-5-2-3-7-26(21)37(41)42/h2-3,5,7-15,18,38H,4,6,16-17H2,1H3,(H,31,34)(H,39,40)/b33-25-. The van der Waals surface area contributed by atoms with Gasteiger partial charge in [-0.25, -0.2) is 14.5 Å². The van der Waals surface area contributed by atoms with Gasteiger partial charge < -0.3 is 14.9 Å². The fourth-order valence-corrected chi connectivity index (χ4v) is 5.31. The van der Waals surface area contributed by atoms with Crippen LogP contribution in [-0.4, -0.2) is 60.5 Å². The molecule has 3 N–H and O–H groups in total. The number of hydrazone groups is 1. The predicted octanol–water partition coefficient (Wildman–Crippen LogP) is 4.99. The van der Waals surface area contributed by atoms with E-state index >= 15 is 0 Å². The first-order valence-corrected chi connectivity index (χ1v) is 14.2. The number of methoxy groups -OCH3 is 1. The number of aliphatic carboxylic acids is 1. The zero-order chi connectivity index (χ0) is 31.1. The molecule has 0 unspecified atom stereocenters. The number of rotatable bonds is 13. The molecule has 0 aliphatic rings. The van der Waals surface area contributed by atoms with Crippen molar-refractivity contribution in [3.8, 4) is 33.1 Å². The zero-order valence-electron chi connectivity index (χ0n) is 23.5. The minimum absolute atomic E-state index is 0.0856. The Hall–Kier alpha value is -5.47. The van der Waals surface area contributed by atoms with Crippen LogP contribution in [0.15, 0.2) is 84.1 Å². The molecule has 0 aliphatic carbocycles. The third-order valence-electron chi connectivity index (χ3n) is 6.60. The topological polar surface area (TPSA) is 178 Å². The van der Waals surface area contributed by atoms with Crippen LogP contribution >= 0.6 is 11.3 Å². The molecule has 0 bridgehead atoms. The average Bonchev–Trinajstić information content (AvgIpc) is 3.70. The number of aryl methyl sites for hydroxylation is 1. The Labute approximate surface area is 255 Å². The van der Waals surface area contributed by atoms with Gasteiger partial charge in [-0.1, -0.05) is 46.9 Å². The van der Waals surface area contributed by atoms with Crippen molar-refractivity contribution in [1.29, 1.82) is 0 Å². The Kier molecular flexibility index (Phi) is 9.32. The van der Waals surface area contributed by atoms with Crippen LogP contribution in [0, 0.1) is 10.1 Å². The van der Waals surface area contributed by atoms with Crippen LogP contribution in [-0.2, 0) is 17.6 Å². The number of aromatic nitrogens is 4. The van der Waals surface area contributed by atoms with E-state index in [-0.39, 0.29) is 30.0 Å². The van der Waals surface area contributed by atoms with Crippen LogP contribution in [0.4, 0.5) is 10.8 Å². The molecule has 0 aliphatic heterocycles. The fraction of sp³-hybridized carbons (Fsp3) is 0.167. The van der Waals surface area contributed by atoms with Gasteiger partial charge in [0.1, 0.15) is 11.5 Å². The molecule has 0 spiro atoms. The maximum absolute atomic E-state index is 12.0. The van der Waals surface area contributed by atoms with Gasteiger partial charge in [0.05, 0.1) is 40.2 Å². The summed E-state index contributed by atoms with van der Waals surface area (Å²) in [6.45, 7) is 0.0856. The minimum atomic E-state index is -1.31. The third-order valence-corrected chi connectivity index (χ3v) is 7.61. The lowest BCUT2D eigenvalue weighted by Gasteiger charge is -2.06. The second-order valence-electron chi connectivity index (χ2n) is 9.49. The summed E-state index contributed by atoms with van der Waals surface area (Å²) in [5, 5.41) is 43.0. The Bertz CT molecular complexity index is 1800. The van der Waals surface area contributed by atoms with E-state index in [2.05, 4.69) is 20.8 Å². The van der Waals surface area contributed by atoms with Crippen molar-refractivity contribution in [2.45, 2.75) is 19.3 Å². The number of nitro benzene ring substituents is 1. The molecule has 13 nitrogen and oxygen atoms in total. The largest absolute Gasteiger partial charge is 0.497 e. The van der Waals surface area contributed by atoms with Crippen LogP contribution in [0.25, 0.3) is 27.4 Å². The monoisotopic (exact) mass is 613 g/mol. The maximum Gasteiger partial charge on any atom is 0.352 e. The molecular weight excluding hydrogens is 586 g/mol. The van der Waals surface area contributed by atoms with Gasteiger partial charge in [0.2, 0.25) is 5.13 Å². The van der Waals surface area contributed by atoms with Crippen molar-refractivity contribution < 1.29 is 24.7 Å². The van der Waals surface area contributed by atoms with Crippen molar-refractivity contribution in [1.82, 2.24) is 20.0 Å². The number of ether oxygens (including phenoxy) is 1. The summed E-state index contributed by atoms with van der Waals surface area (Å²) >= 11 is 1.28. The van der Waals surface area contributed by atoms with Crippen molar-refractivity contribution in [2.24, 2.45) is 5.10 Å². The normalized spacial score (nSPS) is 11.4. The maximum atomic E-state index is 12.0. The molecular formula is C30H27N7O6S. The molecule has 2 aromatic heterocycles. The summed E-state index contributed by atoms with van der Waals surface area (Å²) in [4.78, 5) is 28.4. The zero-order valence-corrected chi connectivity index (χ0v) is 24.3. The number of nitrogens with zero attached hydrogens (tertiary/aromatic N) is 6. The first-order chi connectivity index (χ1) is 21.4. The van der Waals surface area contributed by atoms with Gasteiger partial charge in [-0.15, -0.1) is 5.10 Å². The summed E-state index contributed by atoms with van der Waals surface area (Å²) in [5.41, 5.74) is 6.38. The molecule has 5 aromatic rings. The van der Waals surface area contributed by atoms with Crippen molar-refractivity contribution >= 4 is 33.8 Å². The highest BCUT2D eigenvalue weighted by atomic mass is 32.1. The van der Waals surface area contributed by atoms with E-state index in [1.165, 1.54) is 29.5 Å². The minimum Gasteiger partial charge on any atom is -0.497 e. The van der Waals surface area contributed by atoms with Crippen LogP contribution in [0.3, 0.4) is 0 Å². The van der Waals surface area contributed by atoms with Crippen molar-refractivity contribution in [3.63, 3.8) is 0 Å². The summed E-state index contributed by atoms with van der Waals surface area (Å²) in [5.74, 6) is -0.629. The number of para-hydroxylation sites is 1. The van der Waals surface area contributed by atoms with Crippen molar-refractivity contribution in [2.75, 3.05) is 19.1 Å². The van der Waals surface area contributed by atoms with Crippen LogP contribution in [0.1, 0.15) is 17.7 Å². The Morgan fingerprint density at radius 2 is 1.82 bits per heavy atom. The van der Waals surface area contributed by atoms with E-state index in [9.17, 15) is 20.0 Å². The molecule has 14 heteroatoms. The molecule has 5 rings (SSSR count). The lowest BCUT2D eigenvalue weighted by molar-refractivity contribution is -0.385. The summed E-state index contributed by atoms with van der Waals surface area (Å²) < 4.78 is 6.96. The number of hydrogen-bond acceptors (Lipinski definition) is 11. The van der Waals surface area contributed by atoms with Crippen LogP contribution in [0.5, 0.6) is 5.75 Å². The number of aliphatic hydroxyl groups excluding tert-OH is 1. The lowest BCUT2D eigenvalue weighted by atomic mass is 10.1. The van der Waals surface area contributed by atoms with E-state index in [0.29, 0.717) is 29.4 Å². The quantitative estimate of drug-likeness (QED) is 0.0930.